The number of thiophene rings is 1. The molecule has 0 fully saturated rings. The van der Waals surface area contributed by atoms with Crippen LogP contribution in [0, 0.1) is 0 Å². The van der Waals surface area contributed by atoms with Gasteiger partial charge in [-0.05, 0) is 30.3 Å². The molecule has 0 aliphatic heterocycles. The van der Waals surface area contributed by atoms with E-state index in [0.29, 0.717) is 17.5 Å². The quantitative estimate of drug-likeness (QED) is 0.208. The van der Waals surface area contributed by atoms with Gasteiger partial charge in [0.2, 0.25) is 0 Å². The lowest BCUT2D eigenvalue weighted by Gasteiger charge is -2.14. The van der Waals surface area contributed by atoms with Crippen LogP contribution in [0.15, 0.2) is 146 Å². The Balaban J connectivity index is 1.34. The van der Waals surface area contributed by atoms with Gasteiger partial charge in [-0.15, -0.1) is 11.3 Å². The number of nitrogens with zero attached hydrogens (tertiary/aromatic N) is 4. The summed E-state index contributed by atoms with van der Waals surface area (Å²) in [6.45, 7) is 0. The number of para-hydroxylation sites is 2. The lowest BCUT2D eigenvalue weighted by molar-refractivity contribution is 1.06. The smallest absolute Gasteiger partial charge is 0.166 e. The third kappa shape index (κ3) is 3.87. The Morgan fingerprint density at radius 1 is 0.432 bits per heavy atom. The third-order valence-corrected chi connectivity index (χ3v) is 9.47. The van der Waals surface area contributed by atoms with Crippen LogP contribution in [-0.2, 0) is 0 Å². The van der Waals surface area contributed by atoms with E-state index in [9.17, 15) is 0 Å². The van der Waals surface area contributed by atoms with Crippen LogP contribution < -0.4 is 0 Å². The van der Waals surface area contributed by atoms with E-state index in [-0.39, 0.29) is 0 Å². The van der Waals surface area contributed by atoms with E-state index in [1.54, 1.807) is 0 Å². The van der Waals surface area contributed by atoms with Crippen LogP contribution in [0.4, 0.5) is 0 Å². The first-order valence-corrected chi connectivity index (χ1v) is 15.5. The van der Waals surface area contributed by atoms with Gasteiger partial charge >= 0.3 is 0 Å². The van der Waals surface area contributed by atoms with Gasteiger partial charge in [-0.2, -0.15) is 0 Å². The van der Waals surface area contributed by atoms with Gasteiger partial charge in [-0.25, -0.2) is 15.0 Å². The van der Waals surface area contributed by atoms with Crippen molar-refractivity contribution in [2.45, 2.75) is 0 Å². The van der Waals surface area contributed by atoms with Crippen molar-refractivity contribution in [3.05, 3.63) is 146 Å². The molecule has 3 aromatic heterocycles. The van der Waals surface area contributed by atoms with Gasteiger partial charge in [-0.3, -0.25) is 0 Å². The highest BCUT2D eigenvalue weighted by Gasteiger charge is 2.21. The first kappa shape index (κ1) is 24.9. The van der Waals surface area contributed by atoms with E-state index in [0.717, 1.165) is 27.9 Å². The molecular weight excluding hydrogens is 557 g/mol. The summed E-state index contributed by atoms with van der Waals surface area (Å²) >= 11 is 1.87. The molecule has 3 heterocycles. The lowest BCUT2D eigenvalue weighted by atomic mass is 10.1. The summed E-state index contributed by atoms with van der Waals surface area (Å²) in [5, 5.41) is 5.12. The number of hydrogen-bond donors (Lipinski definition) is 0. The molecule has 0 saturated heterocycles. The summed E-state index contributed by atoms with van der Waals surface area (Å²) in [6.07, 6.45) is 0. The minimum atomic E-state index is 0.641. The van der Waals surface area contributed by atoms with Crippen LogP contribution in [0.3, 0.4) is 0 Å². The Bertz CT molecular complexity index is 2440. The molecule has 6 aromatic carbocycles. The van der Waals surface area contributed by atoms with E-state index in [2.05, 4.69) is 89.5 Å². The zero-order valence-electron chi connectivity index (χ0n) is 23.6. The second-order valence-electron chi connectivity index (χ2n) is 10.8. The molecule has 0 bridgehead atoms. The van der Waals surface area contributed by atoms with Crippen molar-refractivity contribution < 1.29 is 0 Å². The fourth-order valence-corrected chi connectivity index (χ4v) is 7.54. The van der Waals surface area contributed by atoms with Gasteiger partial charge in [0, 0.05) is 47.6 Å². The number of aromatic nitrogens is 4. The molecule has 0 atom stereocenters. The second kappa shape index (κ2) is 9.97. The zero-order chi connectivity index (χ0) is 29.0. The first-order valence-electron chi connectivity index (χ1n) is 14.6. The zero-order valence-corrected chi connectivity index (χ0v) is 24.4. The van der Waals surface area contributed by atoms with Crippen LogP contribution in [0.1, 0.15) is 0 Å². The largest absolute Gasteiger partial charge is 0.308 e. The van der Waals surface area contributed by atoms with E-state index in [1.807, 2.05) is 72.0 Å². The molecule has 44 heavy (non-hydrogen) atoms. The molecule has 5 heteroatoms. The topological polar surface area (TPSA) is 43.6 Å². The Morgan fingerprint density at radius 2 is 1.02 bits per heavy atom. The maximum atomic E-state index is 5.08. The summed E-state index contributed by atoms with van der Waals surface area (Å²) in [5.74, 6) is 1.94. The van der Waals surface area contributed by atoms with Crippen LogP contribution in [0.5, 0.6) is 0 Å². The van der Waals surface area contributed by atoms with E-state index >= 15 is 0 Å². The van der Waals surface area contributed by atoms with E-state index in [1.165, 1.54) is 36.5 Å². The molecule has 0 aliphatic rings. The maximum Gasteiger partial charge on any atom is 0.166 e. The Kier molecular flexibility index (Phi) is 5.64. The van der Waals surface area contributed by atoms with Crippen molar-refractivity contribution in [2.24, 2.45) is 0 Å². The summed E-state index contributed by atoms with van der Waals surface area (Å²) in [5.41, 5.74) is 6.20. The molecule has 206 valence electrons. The molecular formula is C39H24N4S. The van der Waals surface area contributed by atoms with Gasteiger partial charge < -0.3 is 4.57 Å². The van der Waals surface area contributed by atoms with Gasteiger partial charge in [0.15, 0.2) is 17.5 Å². The van der Waals surface area contributed by atoms with Crippen molar-refractivity contribution in [3.63, 3.8) is 0 Å². The van der Waals surface area contributed by atoms with Crippen LogP contribution in [0.2, 0.25) is 0 Å². The summed E-state index contributed by atoms with van der Waals surface area (Å²) < 4.78 is 4.99. The van der Waals surface area contributed by atoms with E-state index in [4.69, 9.17) is 15.0 Å². The highest BCUT2D eigenvalue weighted by atomic mass is 32.1. The van der Waals surface area contributed by atoms with Crippen molar-refractivity contribution >= 4 is 53.3 Å². The fourth-order valence-electron chi connectivity index (χ4n) is 6.28. The van der Waals surface area contributed by atoms with Crippen LogP contribution >= 0.6 is 11.3 Å². The van der Waals surface area contributed by atoms with Crippen molar-refractivity contribution in [3.8, 4) is 39.9 Å². The van der Waals surface area contributed by atoms with Gasteiger partial charge in [0.05, 0.1) is 16.7 Å². The van der Waals surface area contributed by atoms with E-state index < -0.39 is 0 Å². The third-order valence-electron chi connectivity index (χ3n) is 8.27. The minimum absolute atomic E-state index is 0.641. The monoisotopic (exact) mass is 580 g/mol. The highest BCUT2D eigenvalue weighted by Crippen LogP contribution is 2.44. The molecule has 0 spiro atoms. The molecule has 0 unspecified atom stereocenters. The maximum absolute atomic E-state index is 5.08. The van der Waals surface area contributed by atoms with Crippen molar-refractivity contribution in [1.82, 2.24) is 19.5 Å². The molecule has 0 radical (unpaired) electrons. The standard InChI is InChI=1S/C39H24N4S/c1-3-13-25(14-4-1)37-40-38(26-15-5-2-6-16-26)42-39(41-37)30-19-8-11-21-32(30)43-31-20-10-7-18-29(31)35-33(43)24-23-28-27-17-9-12-22-34(27)44-36(28)35/h1-24H. The van der Waals surface area contributed by atoms with Crippen molar-refractivity contribution in [2.75, 3.05) is 0 Å². The predicted molar refractivity (Wildman–Crippen MR) is 183 cm³/mol. The van der Waals surface area contributed by atoms with Gasteiger partial charge in [0.25, 0.3) is 0 Å². The average Bonchev–Trinajstić information content (AvgIpc) is 3.65. The average molecular weight is 581 g/mol. The van der Waals surface area contributed by atoms with Crippen LogP contribution in [0.25, 0.3) is 81.8 Å². The Morgan fingerprint density at radius 3 is 1.77 bits per heavy atom. The SMILES string of the molecule is c1ccc(-c2nc(-c3ccccc3)nc(-c3ccccc3-n3c4ccccc4c4c5sc6ccccc6c5ccc43)n2)cc1. The van der Waals surface area contributed by atoms with Gasteiger partial charge in [0.1, 0.15) is 0 Å². The number of rotatable bonds is 4. The van der Waals surface area contributed by atoms with Crippen molar-refractivity contribution in [1.29, 1.82) is 0 Å². The molecule has 0 aliphatic carbocycles. The molecule has 9 rings (SSSR count). The predicted octanol–water partition coefficient (Wildman–Crippen LogP) is 10.3. The molecule has 0 saturated carbocycles. The summed E-state index contributed by atoms with van der Waals surface area (Å²) in [4.78, 5) is 15.1. The molecule has 4 nitrogen and oxygen atoms in total. The summed E-state index contributed by atoms with van der Waals surface area (Å²) in [6, 6.07) is 50.6. The van der Waals surface area contributed by atoms with Crippen LogP contribution in [-0.4, -0.2) is 19.5 Å². The minimum Gasteiger partial charge on any atom is -0.308 e. The van der Waals surface area contributed by atoms with Gasteiger partial charge in [-0.1, -0.05) is 115 Å². The normalized spacial score (nSPS) is 11.6. The fraction of sp³-hybridized carbons (Fsp3) is 0. The summed E-state index contributed by atoms with van der Waals surface area (Å²) in [7, 11) is 0. The number of fused-ring (bicyclic) bond motifs is 7. The Hall–Kier alpha value is -5.65. The lowest BCUT2D eigenvalue weighted by Crippen LogP contribution is -2.03. The molecule has 0 amide bonds. The molecule has 9 aromatic rings. The first-order chi connectivity index (χ1) is 21.8. The highest BCUT2D eigenvalue weighted by molar-refractivity contribution is 7.26. The second-order valence-corrected chi connectivity index (χ2v) is 11.9. The molecule has 0 N–H and O–H groups in total. The number of hydrogen-bond acceptors (Lipinski definition) is 4. The Labute approximate surface area is 257 Å². The number of benzene rings is 6.